The molecule has 1 aromatic heterocycles. The number of aromatic nitrogens is 2. The second kappa shape index (κ2) is 7.32. The number of hydrogen-bond donors (Lipinski definition) is 3. The molecule has 0 aliphatic rings. The van der Waals surface area contributed by atoms with E-state index in [0.29, 0.717) is 0 Å². The standard InChI is InChI=1S/C23H18N2O3/c26-21-13-10-17(14-22(21)27)7-6-16-8-11-18(12-9-16)20-15-23(28)25(24-20)19-4-2-1-3-5-19/h1-15,24,26-27H. The van der Waals surface area contributed by atoms with Gasteiger partial charge in [0.25, 0.3) is 5.56 Å². The number of rotatable bonds is 4. The first kappa shape index (κ1) is 17.4. The van der Waals surface area contributed by atoms with Crippen molar-refractivity contribution in [3.63, 3.8) is 0 Å². The number of nitrogens with zero attached hydrogens (tertiary/aromatic N) is 1. The Labute approximate surface area is 161 Å². The van der Waals surface area contributed by atoms with Gasteiger partial charge < -0.3 is 10.2 Å². The van der Waals surface area contributed by atoms with Crippen LogP contribution in [0.1, 0.15) is 11.1 Å². The quantitative estimate of drug-likeness (QED) is 0.368. The van der Waals surface area contributed by atoms with Crippen molar-refractivity contribution in [2.45, 2.75) is 0 Å². The van der Waals surface area contributed by atoms with E-state index in [1.54, 1.807) is 12.1 Å². The van der Waals surface area contributed by atoms with Crippen LogP contribution in [0.25, 0.3) is 29.1 Å². The minimum Gasteiger partial charge on any atom is -0.504 e. The molecule has 3 N–H and O–H groups in total. The lowest BCUT2D eigenvalue weighted by atomic mass is 10.1. The molecular weight excluding hydrogens is 352 g/mol. The number of H-pyrrole nitrogens is 1. The van der Waals surface area contributed by atoms with E-state index in [-0.39, 0.29) is 17.1 Å². The van der Waals surface area contributed by atoms with Crippen molar-refractivity contribution in [2.24, 2.45) is 0 Å². The second-order valence-electron chi connectivity index (χ2n) is 6.38. The normalized spacial score (nSPS) is 11.1. The highest BCUT2D eigenvalue weighted by Crippen LogP contribution is 2.26. The van der Waals surface area contributed by atoms with Crippen LogP contribution in [0, 0.1) is 0 Å². The van der Waals surface area contributed by atoms with Crippen LogP contribution in [0.2, 0.25) is 0 Å². The molecule has 0 aliphatic carbocycles. The summed E-state index contributed by atoms with van der Waals surface area (Å²) in [4.78, 5) is 12.3. The maximum atomic E-state index is 12.3. The number of para-hydroxylation sites is 1. The van der Waals surface area contributed by atoms with Gasteiger partial charge in [0.2, 0.25) is 0 Å². The molecule has 1 heterocycles. The van der Waals surface area contributed by atoms with Gasteiger partial charge in [-0.1, -0.05) is 60.7 Å². The highest BCUT2D eigenvalue weighted by Gasteiger charge is 2.06. The SMILES string of the molecule is O=c1cc(-c2ccc(C=Cc3ccc(O)c(O)c3)cc2)[nH]n1-c1ccccc1. The summed E-state index contributed by atoms with van der Waals surface area (Å²) in [6, 6.07) is 23.4. The number of hydrogen-bond acceptors (Lipinski definition) is 3. The zero-order valence-corrected chi connectivity index (χ0v) is 14.9. The topological polar surface area (TPSA) is 78.2 Å². The zero-order chi connectivity index (χ0) is 19.5. The van der Waals surface area contributed by atoms with E-state index in [2.05, 4.69) is 5.10 Å². The van der Waals surface area contributed by atoms with Gasteiger partial charge in [0.05, 0.1) is 11.4 Å². The van der Waals surface area contributed by atoms with Crippen molar-refractivity contribution in [3.8, 4) is 28.4 Å². The molecule has 0 bridgehead atoms. The lowest BCUT2D eigenvalue weighted by molar-refractivity contribution is 0.403. The van der Waals surface area contributed by atoms with E-state index in [1.165, 1.54) is 16.8 Å². The molecule has 28 heavy (non-hydrogen) atoms. The predicted octanol–water partition coefficient (Wildman–Crippen LogP) is 4.41. The van der Waals surface area contributed by atoms with Crippen LogP contribution >= 0.6 is 0 Å². The molecule has 0 radical (unpaired) electrons. The molecule has 4 aromatic rings. The molecule has 0 saturated carbocycles. The van der Waals surface area contributed by atoms with Crippen molar-refractivity contribution >= 4 is 12.2 Å². The molecule has 0 aliphatic heterocycles. The maximum Gasteiger partial charge on any atom is 0.271 e. The van der Waals surface area contributed by atoms with Gasteiger partial charge in [-0.2, -0.15) is 0 Å². The fraction of sp³-hybridized carbons (Fsp3) is 0. The van der Waals surface area contributed by atoms with Crippen molar-refractivity contribution in [3.05, 3.63) is 100 Å². The van der Waals surface area contributed by atoms with Gasteiger partial charge in [-0.25, -0.2) is 4.68 Å². The Kier molecular flexibility index (Phi) is 4.56. The number of aromatic amines is 1. The molecule has 5 nitrogen and oxygen atoms in total. The third kappa shape index (κ3) is 3.59. The van der Waals surface area contributed by atoms with Gasteiger partial charge in [-0.15, -0.1) is 0 Å². The van der Waals surface area contributed by atoms with Crippen molar-refractivity contribution < 1.29 is 10.2 Å². The third-order valence-electron chi connectivity index (χ3n) is 4.42. The van der Waals surface area contributed by atoms with Crippen LogP contribution in [0.5, 0.6) is 11.5 Å². The summed E-state index contributed by atoms with van der Waals surface area (Å²) in [5.41, 5.74) is 4.08. The molecule has 3 aromatic carbocycles. The summed E-state index contributed by atoms with van der Waals surface area (Å²) in [7, 11) is 0. The first-order valence-corrected chi connectivity index (χ1v) is 8.78. The van der Waals surface area contributed by atoms with Crippen molar-refractivity contribution in [2.75, 3.05) is 0 Å². The molecule has 138 valence electrons. The number of phenols is 2. The first-order chi connectivity index (χ1) is 13.6. The summed E-state index contributed by atoms with van der Waals surface area (Å²) in [6.45, 7) is 0. The third-order valence-corrected chi connectivity index (χ3v) is 4.42. The summed E-state index contributed by atoms with van der Waals surface area (Å²) in [6.07, 6.45) is 3.76. The maximum absolute atomic E-state index is 12.3. The molecule has 0 amide bonds. The van der Waals surface area contributed by atoms with Gasteiger partial charge in [0, 0.05) is 6.07 Å². The van der Waals surface area contributed by atoms with Gasteiger partial charge >= 0.3 is 0 Å². The lowest BCUT2D eigenvalue weighted by Crippen LogP contribution is -2.12. The van der Waals surface area contributed by atoms with Crippen LogP contribution in [0.15, 0.2) is 83.7 Å². The Bertz CT molecular complexity index is 1190. The Morgan fingerprint density at radius 3 is 2.14 bits per heavy atom. The highest BCUT2D eigenvalue weighted by molar-refractivity contribution is 5.72. The summed E-state index contributed by atoms with van der Waals surface area (Å²) < 4.78 is 1.51. The van der Waals surface area contributed by atoms with Gasteiger partial charge in [-0.3, -0.25) is 9.89 Å². The van der Waals surface area contributed by atoms with Crippen LogP contribution < -0.4 is 5.56 Å². The fourth-order valence-electron chi connectivity index (χ4n) is 2.92. The van der Waals surface area contributed by atoms with Gasteiger partial charge in [0.15, 0.2) is 11.5 Å². The Hall–Kier alpha value is -3.99. The van der Waals surface area contributed by atoms with Gasteiger partial charge in [-0.05, 0) is 41.0 Å². The molecular formula is C23H18N2O3. The Morgan fingerprint density at radius 2 is 1.43 bits per heavy atom. The van der Waals surface area contributed by atoms with Crippen LogP contribution in [0.3, 0.4) is 0 Å². The minimum atomic E-state index is -0.149. The van der Waals surface area contributed by atoms with Crippen LogP contribution in [0.4, 0.5) is 0 Å². The van der Waals surface area contributed by atoms with E-state index in [4.69, 9.17) is 0 Å². The van der Waals surface area contributed by atoms with E-state index in [9.17, 15) is 15.0 Å². The number of aromatic hydroxyl groups is 2. The van der Waals surface area contributed by atoms with E-state index in [1.807, 2.05) is 66.7 Å². The number of phenolic OH excluding ortho intramolecular Hbond substituents is 2. The Morgan fingerprint density at radius 1 is 0.750 bits per heavy atom. The lowest BCUT2D eigenvalue weighted by Gasteiger charge is -2.02. The van der Waals surface area contributed by atoms with Crippen LogP contribution in [-0.4, -0.2) is 20.0 Å². The molecule has 0 spiro atoms. The van der Waals surface area contributed by atoms with Crippen molar-refractivity contribution in [1.29, 1.82) is 0 Å². The molecule has 4 rings (SSSR count). The van der Waals surface area contributed by atoms with Crippen LogP contribution in [-0.2, 0) is 0 Å². The largest absolute Gasteiger partial charge is 0.504 e. The number of benzene rings is 3. The number of nitrogens with one attached hydrogen (secondary N) is 1. The molecule has 0 unspecified atom stereocenters. The average Bonchev–Trinajstić information content (AvgIpc) is 3.11. The smallest absolute Gasteiger partial charge is 0.271 e. The van der Waals surface area contributed by atoms with E-state index < -0.39 is 0 Å². The Balaban J connectivity index is 1.56. The van der Waals surface area contributed by atoms with E-state index in [0.717, 1.165) is 28.1 Å². The van der Waals surface area contributed by atoms with Gasteiger partial charge in [0.1, 0.15) is 0 Å². The average molecular weight is 370 g/mol. The molecule has 0 saturated heterocycles. The predicted molar refractivity (Wildman–Crippen MR) is 111 cm³/mol. The molecule has 0 fully saturated rings. The fourth-order valence-corrected chi connectivity index (χ4v) is 2.92. The molecule has 5 heteroatoms. The molecule has 0 atom stereocenters. The highest BCUT2D eigenvalue weighted by atomic mass is 16.3. The minimum absolute atomic E-state index is 0.114. The zero-order valence-electron chi connectivity index (χ0n) is 14.9. The monoisotopic (exact) mass is 370 g/mol. The summed E-state index contributed by atoms with van der Waals surface area (Å²) in [5.74, 6) is -0.290. The first-order valence-electron chi connectivity index (χ1n) is 8.78. The summed E-state index contributed by atoms with van der Waals surface area (Å²) in [5, 5.41) is 22.0. The van der Waals surface area contributed by atoms with Crippen molar-refractivity contribution in [1.82, 2.24) is 9.78 Å². The second-order valence-corrected chi connectivity index (χ2v) is 6.38. The van der Waals surface area contributed by atoms with E-state index >= 15 is 0 Å². The summed E-state index contributed by atoms with van der Waals surface area (Å²) >= 11 is 0.